The van der Waals surface area contributed by atoms with Crippen LogP contribution in [0.1, 0.15) is 18.4 Å². The molecule has 0 saturated carbocycles. The Labute approximate surface area is 196 Å². The van der Waals surface area contributed by atoms with Gasteiger partial charge in [0, 0.05) is 24.5 Å². The molecule has 176 valence electrons. The summed E-state index contributed by atoms with van der Waals surface area (Å²) in [6, 6.07) is 2.09. The molecule has 0 radical (unpaired) electrons. The molecule has 4 unspecified atom stereocenters. The Balaban J connectivity index is 2.22. The summed E-state index contributed by atoms with van der Waals surface area (Å²) in [5.41, 5.74) is 6.28. The number of phenolic OH excluding ortho intramolecular Hbond substituents is 1. The molecule has 0 bridgehead atoms. The van der Waals surface area contributed by atoms with Crippen LogP contribution in [0.5, 0.6) is 5.75 Å². The number of rotatable bonds is 10. The fourth-order valence-electron chi connectivity index (χ4n) is 3.38. The quantitative estimate of drug-likeness (QED) is 0.213. The van der Waals surface area contributed by atoms with E-state index in [1.165, 1.54) is 17.0 Å². The molecular formula is C20H28N4O6S2. The number of carboxylic acid groups (broad SMARTS) is 1. The van der Waals surface area contributed by atoms with Crippen LogP contribution in [0.2, 0.25) is 0 Å². The molecule has 0 aliphatic carbocycles. The van der Waals surface area contributed by atoms with Gasteiger partial charge in [-0.1, -0.05) is 12.1 Å². The van der Waals surface area contributed by atoms with E-state index in [9.17, 15) is 29.4 Å². The number of aromatic hydroxyl groups is 1. The van der Waals surface area contributed by atoms with Crippen molar-refractivity contribution >= 4 is 48.9 Å². The Kier molecular flexibility index (Phi) is 9.66. The topological polar surface area (TPSA) is 162 Å². The number of phenols is 1. The summed E-state index contributed by atoms with van der Waals surface area (Å²) in [6.07, 6.45) is 0.939. The minimum Gasteiger partial charge on any atom is -0.508 e. The Bertz CT molecular complexity index is 838. The van der Waals surface area contributed by atoms with Crippen molar-refractivity contribution in [1.82, 2.24) is 15.5 Å². The van der Waals surface area contributed by atoms with Crippen LogP contribution in [-0.4, -0.2) is 81.0 Å². The van der Waals surface area contributed by atoms with Crippen molar-refractivity contribution in [3.8, 4) is 5.75 Å². The Morgan fingerprint density at radius 2 is 1.69 bits per heavy atom. The van der Waals surface area contributed by atoms with E-state index in [0.717, 1.165) is 0 Å². The van der Waals surface area contributed by atoms with E-state index < -0.39 is 47.9 Å². The average molecular weight is 485 g/mol. The van der Waals surface area contributed by atoms with E-state index in [2.05, 4.69) is 35.9 Å². The van der Waals surface area contributed by atoms with Gasteiger partial charge in [0.15, 0.2) is 0 Å². The predicted octanol–water partition coefficient (Wildman–Crippen LogP) is -0.833. The monoisotopic (exact) mass is 484 g/mol. The Hall–Kier alpha value is -2.44. The molecule has 1 saturated heterocycles. The van der Waals surface area contributed by atoms with E-state index >= 15 is 0 Å². The average Bonchev–Trinajstić information content (AvgIpc) is 3.27. The highest BCUT2D eigenvalue weighted by molar-refractivity contribution is 7.80. The van der Waals surface area contributed by atoms with Crippen molar-refractivity contribution in [2.45, 2.75) is 43.4 Å². The standard InChI is InChI=1S/C20H28N4O6S2/c21-13(9-31)17(26)23-15(10-32)18(27)22-14(8-11-3-5-12(25)6-4-11)19(28)24-7-1-2-16(24)20(29)30/h3-6,13-16,25,31-32H,1-2,7-10,21H2,(H,22,27)(H,23,26)(H,29,30). The number of nitrogens with zero attached hydrogens (tertiary/aromatic N) is 1. The lowest BCUT2D eigenvalue weighted by molar-refractivity contribution is -0.149. The van der Waals surface area contributed by atoms with Crippen molar-refractivity contribution in [2.75, 3.05) is 18.1 Å². The number of hydrogen-bond acceptors (Lipinski definition) is 8. The molecule has 1 heterocycles. The van der Waals surface area contributed by atoms with Crippen LogP contribution in [0, 0.1) is 0 Å². The zero-order valence-electron chi connectivity index (χ0n) is 17.3. The van der Waals surface area contributed by atoms with Gasteiger partial charge in [-0.15, -0.1) is 0 Å². The van der Waals surface area contributed by atoms with E-state index in [0.29, 0.717) is 18.4 Å². The fourth-order valence-corrected chi connectivity index (χ4v) is 3.81. The number of likely N-dealkylation sites (tertiary alicyclic amines) is 1. The fraction of sp³-hybridized carbons (Fsp3) is 0.500. The van der Waals surface area contributed by atoms with Gasteiger partial charge in [-0.25, -0.2) is 4.79 Å². The van der Waals surface area contributed by atoms with Gasteiger partial charge in [-0.2, -0.15) is 25.3 Å². The highest BCUT2D eigenvalue weighted by Gasteiger charge is 2.38. The van der Waals surface area contributed by atoms with E-state index in [1.807, 2.05) is 0 Å². The largest absolute Gasteiger partial charge is 0.508 e. The van der Waals surface area contributed by atoms with Crippen LogP contribution in [0.3, 0.4) is 0 Å². The van der Waals surface area contributed by atoms with Gasteiger partial charge in [-0.3, -0.25) is 14.4 Å². The minimum absolute atomic E-state index is 0.0432. The van der Waals surface area contributed by atoms with Crippen LogP contribution in [0.15, 0.2) is 24.3 Å². The minimum atomic E-state index is -1.10. The van der Waals surface area contributed by atoms with Gasteiger partial charge < -0.3 is 31.5 Å². The van der Waals surface area contributed by atoms with Crippen LogP contribution >= 0.6 is 25.3 Å². The van der Waals surface area contributed by atoms with Gasteiger partial charge in [0.2, 0.25) is 17.7 Å². The van der Waals surface area contributed by atoms with Gasteiger partial charge in [0.25, 0.3) is 0 Å². The first-order chi connectivity index (χ1) is 15.2. The third-order valence-electron chi connectivity index (χ3n) is 5.16. The molecule has 1 aromatic rings. The molecule has 0 spiro atoms. The molecular weight excluding hydrogens is 456 g/mol. The number of amides is 3. The van der Waals surface area contributed by atoms with Crippen LogP contribution in [0.4, 0.5) is 0 Å². The van der Waals surface area contributed by atoms with Gasteiger partial charge in [0.05, 0.1) is 6.04 Å². The van der Waals surface area contributed by atoms with Gasteiger partial charge >= 0.3 is 5.97 Å². The van der Waals surface area contributed by atoms with E-state index in [4.69, 9.17) is 5.73 Å². The smallest absolute Gasteiger partial charge is 0.326 e. The SMILES string of the molecule is NC(CS)C(=O)NC(CS)C(=O)NC(Cc1ccc(O)cc1)C(=O)N1CCCC1C(=O)O. The third kappa shape index (κ3) is 6.78. The van der Waals surface area contributed by atoms with Crippen molar-refractivity contribution in [2.24, 2.45) is 5.73 Å². The molecule has 6 N–H and O–H groups in total. The summed E-state index contributed by atoms with van der Waals surface area (Å²) in [5, 5.41) is 24.0. The van der Waals surface area contributed by atoms with E-state index in [-0.39, 0.29) is 30.2 Å². The number of nitrogens with one attached hydrogen (secondary N) is 2. The Morgan fingerprint density at radius 1 is 1.06 bits per heavy atom. The third-order valence-corrected chi connectivity index (χ3v) is 5.92. The first-order valence-electron chi connectivity index (χ1n) is 10.1. The van der Waals surface area contributed by atoms with Crippen molar-refractivity contribution in [3.63, 3.8) is 0 Å². The molecule has 4 atom stereocenters. The number of carbonyl (C=O) groups is 4. The molecule has 32 heavy (non-hydrogen) atoms. The highest BCUT2D eigenvalue weighted by atomic mass is 32.1. The molecule has 0 aromatic heterocycles. The summed E-state index contributed by atoms with van der Waals surface area (Å²) in [7, 11) is 0. The summed E-state index contributed by atoms with van der Waals surface area (Å²) in [6.45, 7) is 0.265. The number of carbonyl (C=O) groups excluding carboxylic acids is 3. The predicted molar refractivity (Wildman–Crippen MR) is 124 cm³/mol. The summed E-state index contributed by atoms with van der Waals surface area (Å²) >= 11 is 8.06. The van der Waals surface area contributed by atoms with Crippen molar-refractivity contribution in [1.29, 1.82) is 0 Å². The number of aliphatic carboxylic acids is 1. The van der Waals surface area contributed by atoms with E-state index in [1.54, 1.807) is 12.1 Å². The second-order valence-corrected chi connectivity index (χ2v) is 8.22. The number of thiol groups is 2. The lowest BCUT2D eigenvalue weighted by Crippen LogP contribution is -2.58. The second kappa shape index (κ2) is 12.0. The lowest BCUT2D eigenvalue weighted by atomic mass is 10.0. The molecule has 1 fully saturated rings. The van der Waals surface area contributed by atoms with Crippen LogP contribution in [0.25, 0.3) is 0 Å². The molecule has 10 nitrogen and oxygen atoms in total. The van der Waals surface area contributed by atoms with Gasteiger partial charge in [0.1, 0.15) is 23.9 Å². The maximum absolute atomic E-state index is 13.2. The molecule has 1 aliphatic heterocycles. The number of nitrogens with two attached hydrogens (primary N) is 1. The highest BCUT2D eigenvalue weighted by Crippen LogP contribution is 2.20. The zero-order valence-corrected chi connectivity index (χ0v) is 19.1. The van der Waals surface area contributed by atoms with Crippen LogP contribution in [-0.2, 0) is 25.6 Å². The first-order valence-corrected chi connectivity index (χ1v) is 11.3. The van der Waals surface area contributed by atoms with Crippen molar-refractivity contribution < 1.29 is 29.4 Å². The summed E-state index contributed by atoms with van der Waals surface area (Å²) < 4.78 is 0. The number of carboxylic acids is 1. The number of benzene rings is 1. The summed E-state index contributed by atoms with van der Waals surface area (Å²) in [4.78, 5) is 50.9. The van der Waals surface area contributed by atoms with Crippen LogP contribution < -0.4 is 16.4 Å². The maximum atomic E-state index is 13.2. The molecule has 1 aromatic carbocycles. The van der Waals surface area contributed by atoms with Gasteiger partial charge in [-0.05, 0) is 30.5 Å². The lowest BCUT2D eigenvalue weighted by Gasteiger charge is -2.28. The summed E-state index contributed by atoms with van der Waals surface area (Å²) in [5.74, 6) is -2.79. The zero-order chi connectivity index (χ0) is 23.8. The first kappa shape index (κ1) is 25.8. The molecule has 12 heteroatoms. The second-order valence-electron chi connectivity index (χ2n) is 7.49. The maximum Gasteiger partial charge on any atom is 0.326 e. The Morgan fingerprint density at radius 3 is 2.25 bits per heavy atom. The number of hydrogen-bond donors (Lipinski definition) is 7. The molecule has 1 aliphatic rings. The molecule has 2 rings (SSSR count). The van der Waals surface area contributed by atoms with Crippen molar-refractivity contribution in [3.05, 3.63) is 29.8 Å². The molecule has 3 amide bonds. The normalized spacial score (nSPS) is 18.5.